The Bertz CT molecular complexity index is 1060. The predicted molar refractivity (Wildman–Crippen MR) is 108 cm³/mol. The molecule has 1 aliphatic rings. The Kier molecular flexibility index (Phi) is 4.36. The van der Waals surface area contributed by atoms with Crippen molar-refractivity contribution in [2.24, 2.45) is 0 Å². The number of carbonyl (C=O) groups is 3. The first kappa shape index (κ1) is 18.1. The van der Waals surface area contributed by atoms with Crippen LogP contribution in [0.2, 0.25) is 5.02 Å². The van der Waals surface area contributed by atoms with E-state index in [1.807, 2.05) is 6.07 Å². The quantitative estimate of drug-likeness (QED) is 0.612. The zero-order valence-electron chi connectivity index (χ0n) is 15.1. The normalized spacial score (nSPS) is 14.6. The Morgan fingerprint density at radius 3 is 1.79 bits per heavy atom. The molecule has 1 amide bonds. The van der Waals surface area contributed by atoms with Crippen molar-refractivity contribution in [1.29, 1.82) is 0 Å². The third kappa shape index (κ3) is 2.49. The number of amides is 1. The highest BCUT2D eigenvalue weighted by molar-refractivity contribution is 6.36. The standard InChI is InChI=1S/C23H16ClNO3/c1-15(26)25(18-7-3-2-4-8-18)23(16-11-13-17(24)14-12-16)21(27)19-9-5-6-10-20(19)22(23)28/h2-14H,1H3. The summed E-state index contributed by atoms with van der Waals surface area (Å²) in [6.07, 6.45) is 0. The third-order valence-corrected chi connectivity index (χ3v) is 5.25. The SMILES string of the molecule is CC(=O)N(c1ccccc1)C1(c2ccc(Cl)cc2)C(=O)c2ccccc2C1=O. The summed E-state index contributed by atoms with van der Waals surface area (Å²) >= 11 is 6.03. The number of hydrogen-bond acceptors (Lipinski definition) is 3. The van der Waals surface area contributed by atoms with E-state index < -0.39 is 23.0 Å². The summed E-state index contributed by atoms with van der Waals surface area (Å²) in [5.41, 5.74) is -0.308. The molecule has 0 fully saturated rings. The lowest BCUT2D eigenvalue weighted by molar-refractivity contribution is -0.117. The van der Waals surface area contributed by atoms with Gasteiger partial charge in [-0.1, -0.05) is 66.2 Å². The number of carbonyl (C=O) groups excluding carboxylic acids is 3. The first-order chi connectivity index (χ1) is 13.5. The number of rotatable bonds is 3. The number of hydrogen-bond donors (Lipinski definition) is 0. The molecule has 0 aromatic heterocycles. The molecule has 0 N–H and O–H groups in total. The molecule has 4 rings (SSSR count). The highest BCUT2D eigenvalue weighted by atomic mass is 35.5. The Labute approximate surface area is 167 Å². The summed E-state index contributed by atoms with van der Waals surface area (Å²) in [5, 5.41) is 0.475. The van der Waals surface area contributed by atoms with Gasteiger partial charge in [-0.3, -0.25) is 19.3 Å². The van der Waals surface area contributed by atoms with E-state index in [0.29, 0.717) is 27.4 Å². The molecule has 138 valence electrons. The van der Waals surface area contributed by atoms with Crippen molar-refractivity contribution in [2.45, 2.75) is 12.5 Å². The molecule has 1 aliphatic carbocycles. The highest BCUT2D eigenvalue weighted by Crippen LogP contribution is 2.44. The molecular formula is C23H16ClNO3. The van der Waals surface area contributed by atoms with Crippen LogP contribution in [0.15, 0.2) is 78.9 Å². The molecular weight excluding hydrogens is 374 g/mol. The van der Waals surface area contributed by atoms with Crippen LogP contribution in [0.3, 0.4) is 0 Å². The molecule has 0 unspecified atom stereocenters. The minimum absolute atomic E-state index is 0.310. The molecule has 0 spiro atoms. The smallest absolute Gasteiger partial charge is 0.225 e. The molecule has 0 saturated heterocycles. The number of halogens is 1. The van der Waals surface area contributed by atoms with Crippen molar-refractivity contribution >= 4 is 34.8 Å². The summed E-state index contributed by atoms with van der Waals surface area (Å²) in [6, 6.07) is 21.9. The zero-order valence-corrected chi connectivity index (χ0v) is 15.8. The van der Waals surface area contributed by atoms with Crippen LogP contribution in [-0.2, 0) is 10.3 Å². The lowest BCUT2D eigenvalue weighted by Crippen LogP contribution is -2.56. The van der Waals surface area contributed by atoms with E-state index in [1.165, 1.54) is 11.8 Å². The zero-order chi connectivity index (χ0) is 19.9. The van der Waals surface area contributed by atoms with Crippen LogP contribution in [-0.4, -0.2) is 17.5 Å². The summed E-state index contributed by atoms with van der Waals surface area (Å²) in [7, 11) is 0. The summed E-state index contributed by atoms with van der Waals surface area (Å²) in [6.45, 7) is 1.36. The van der Waals surface area contributed by atoms with Crippen molar-refractivity contribution < 1.29 is 14.4 Å². The van der Waals surface area contributed by atoms with Crippen LogP contribution in [0.5, 0.6) is 0 Å². The van der Waals surface area contributed by atoms with Gasteiger partial charge >= 0.3 is 0 Å². The van der Waals surface area contributed by atoms with E-state index in [-0.39, 0.29) is 0 Å². The van der Waals surface area contributed by atoms with E-state index in [9.17, 15) is 14.4 Å². The average Bonchev–Trinajstić information content (AvgIpc) is 2.92. The van der Waals surface area contributed by atoms with Gasteiger partial charge in [-0.25, -0.2) is 0 Å². The average molecular weight is 390 g/mol. The molecule has 5 heteroatoms. The Hall–Kier alpha value is -3.24. The maximum Gasteiger partial charge on any atom is 0.225 e. The topological polar surface area (TPSA) is 54.5 Å². The van der Waals surface area contributed by atoms with Gasteiger partial charge in [0.25, 0.3) is 0 Å². The number of fused-ring (bicyclic) bond motifs is 1. The van der Waals surface area contributed by atoms with E-state index in [4.69, 9.17) is 11.6 Å². The van der Waals surface area contributed by atoms with Gasteiger partial charge in [0.15, 0.2) is 5.54 Å². The number of para-hydroxylation sites is 1. The number of ketones is 2. The first-order valence-electron chi connectivity index (χ1n) is 8.78. The second kappa shape index (κ2) is 6.73. The Morgan fingerprint density at radius 1 is 0.786 bits per heavy atom. The van der Waals surface area contributed by atoms with Crippen molar-refractivity contribution in [3.05, 3.63) is 101 Å². The lowest BCUT2D eigenvalue weighted by Gasteiger charge is -2.38. The van der Waals surface area contributed by atoms with Gasteiger partial charge in [0.2, 0.25) is 17.5 Å². The van der Waals surface area contributed by atoms with Crippen LogP contribution in [0.4, 0.5) is 5.69 Å². The summed E-state index contributed by atoms with van der Waals surface area (Å²) in [4.78, 5) is 41.5. The molecule has 0 heterocycles. The molecule has 0 saturated carbocycles. The third-order valence-electron chi connectivity index (χ3n) is 5.00. The van der Waals surface area contributed by atoms with Gasteiger partial charge in [0.1, 0.15) is 0 Å². The highest BCUT2D eigenvalue weighted by Gasteiger charge is 2.59. The summed E-state index contributed by atoms with van der Waals surface area (Å²) < 4.78 is 0. The van der Waals surface area contributed by atoms with Crippen molar-refractivity contribution in [2.75, 3.05) is 4.90 Å². The first-order valence-corrected chi connectivity index (χ1v) is 9.16. The maximum atomic E-state index is 13.7. The molecule has 0 atom stereocenters. The molecule has 3 aromatic rings. The van der Waals surface area contributed by atoms with E-state index >= 15 is 0 Å². The van der Waals surface area contributed by atoms with Gasteiger partial charge in [0, 0.05) is 28.8 Å². The van der Waals surface area contributed by atoms with Crippen molar-refractivity contribution in [3.8, 4) is 0 Å². The molecule has 28 heavy (non-hydrogen) atoms. The van der Waals surface area contributed by atoms with Crippen molar-refractivity contribution in [3.63, 3.8) is 0 Å². The number of Topliss-reactive ketones (excluding diaryl/α,β-unsaturated/α-hetero) is 2. The Morgan fingerprint density at radius 2 is 1.29 bits per heavy atom. The van der Waals surface area contributed by atoms with Gasteiger partial charge in [-0.05, 0) is 29.8 Å². The van der Waals surface area contributed by atoms with Gasteiger partial charge in [0.05, 0.1) is 0 Å². The predicted octanol–water partition coefficient (Wildman–Crippen LogP) is 4.67. The lowest BCUT2D eigenvalue weighted by atomic mass is 9.82. The number of benzene rings is 3. The summed E-state index contributed by atoms with van der Waals surface area (Å²) in [5.74, 6) is -1.25. The van der Waals surface area contributed by atoms with Crippen LogP contribution in [0.25, 0.3) is 0 Å². The van der Waals surface area contributed by atoms with E-state index in [2.05, 4.69) is 0 Å². The molecule has 0 aliphatic heterocycles. The van der Waals surface area contributed by atoms with Crippen LogP contribution in [0.1, 0.15) is 33.2 Å². The van der Waals surface area contributed by atoms with Crippen molar-refractivity contribution in [1.82, 2.24) is 0 Å². The minimum atomic E-state index is -1.80. The molecule has 4 nitrogen and oxygen atoms in total. The number of anilines is 1. The molecule has 3 aromatic carbocycles. The van der Waals surface area contributed by atoms with Gasteiger partial charge in [-0.15, -0.1) is 0 Å². The van der Waals surface area contributed by atoms with Gasteiger partial charge < -0.3 is 0 Å². The van der Waals surface area contributed by atoms with E-state index in [1.54, 1.807) is 72.8 Å². The minimum Gasteiger partial charge on any atom is -0.291 e. The second-order valence-corrected chi connectivity index (χ2v) is 7.05. The van der Waals surface area contributed by atoms with Gasteiger partial charge in [-0.2, -0.15) is 0 Å². The number of nitrogens with zero attached hydrogens (tertiary/aromatic N) is 1. The molecule has 0 radical (unpaired) electrons. The fourth-order valence-corrected chi connectivity index (χ4v) is 3.97. The fraction of sp³-hybridized carbons (Fsp3) is 0.0870. The van der Waals surface area contributed by atoms with Crippen LogP contribution in [0, 0.1) is 0 Å². The van der Waals surface area contributed by atoms with Crippen LogP contribution >= 0.6 is 11.6 Å². The van der Waals surface area contributed by atoms with E-state index in [0.717, 1.165) is 0 Å². The Balaban J connectivity index is 2.06. The monoisotopic (exact) mass is 389 g/mol. The fourth-order valence-electron chi connectivity index (χ4n) is 3.85. The maximum absolute atomic E-state index is 13.7. The second-order valence-electron chi connectivity index (χ2n) is 6.61. The van der Waals surface area contributed by atoms with Crippen LogP contribution < -0.4 is 4.90 Å². The largest absolute Gasteiger partial charge is 0.291 e. The molecule has 0 bridgehead atoms.